The molecule has 0 bridgehead atoms. The summed E-state index contributed by atoms with van der Waals surface area (Å²) in [5, 5.41) is 6.10. The lowest BCUT2D eigenvalue weighted by Crippen LogP contribution is -2.29. The Labute approximate surface area is 108 Å². The Kier molecular flexibility index (Phi) is 5.84. The number of aryl methyl sites for hydroxylation is 1. The lowest BCUT2D eigenvalue weighted by Gasteiger charge is -2.09. The van der Waals surface area contributed by atoms with Crippen LogP contribution in [0.4, 0.5) is 10.5 Å². The molecule has 1 rings (SSSR count). The van der Waals surface area contributed by atoms with Crippen LogP contribution in [0, 0.1) is 6.92 Å². The first-order valence-electron chi connectivity index (χ1n) is 5.94. The second kappa shape index (κ2) is 7.17. The van der Waals surface area contributed by atoms with Gasteiger partial charge in [0, 0.05) is 6.54 Å². The second-order valence-electron chi connectivity index (χ2n) is 4.07. The van der Waals surface area contributed by atoms with Crippen LogP contribution in [0.2, 0.25) is 5.02 Å². The first-order valence-corrected chi connectivity index (χ1v) is 6.32. The summed E-state index contributed by atoms with van der Waals surface area (Å²) in [5.41, 5.74) is 1.72. The van der Waals surface area contributed by atoms with E-state index in [1.165, 1.54) is 0 Å². The molecule has 0 saturated heterocycles. The third kappa shape index (κ3) is 5.09. The van der Waals surface area contributed by atoms with Gasteiger partial charge >= 0.3 is 6.03 Å². The molecule has 0 fully saturated rings. The molecule has 0 aliphatic carbocycles. The molecule has 0 unspecified atom stereocenters. The summed E-state index contributed by atoms with van der Waals surface area (Å²) < 4.78 is 0. The molecule has 1 aromatic rings. The van der Waals surface area contributed by atoms with E-state index in [-0.39, 0.29) is 6.03 Å². The molecule has 3 nitrogen and oxygen atoms in total. The van der Waals surface area contributed by atoms with E-state index in [1.54, 1.807) is 0 Å². The zero-order chi connectivity index (χ0) is 12.7. The van der Waals surface area contributed by atoms with E-state index in [2.05, 4.69) is 17.6 Å². The Bertz CT molecular complexity index is 380. The fourth-order valence-corrected chi connectivity index (χ4v) is 1.75. The Hall–Kier alpha value is -1.22. The van der Waals surface area contributed by atoms with E-state index in [0.717, 1.165) is 24.8 Å². The fraction of sp³-hybridized carbons (Fsp3) is 0.462. The number of benzene rings is 1. The van der Waals surface area contributed by atoms with Crippen molar-refractivity contribution in [3.8, 4) is 0 Å². The van der Waals surface area contributed by atoms with Crippen LogP contribution in [-0.4, -0.2) is 12.6 Å². The van der Waals surface area contributed by atoms with Gasteiger partial charge in [-0.2, -0.15) is 0 Å². The van der Waals surface area contributed by atoms with Gasteiger partial charge in [0.25, 0.3) is 0 Å². The summed E-state index contributed by atoms with van der Waals surface area (Å²) >= 11 is 6.01. The Morgan fingerprint density at radius 2 is 2.12 bits per heavy atom. The van der Waals surface area contributed by atoms with E-state index in [0.29, 0.717) is 17.3 Å². The molecule has 0 radical (unpaired) electrons. The van der Waals surface area contributed by atoms with Crippen LogP contribution in [-0.2, 0) is 0 Å². The average Bonchev–Trinajstić information content (AvgIpc) is 2.28. The maximum absolute atomic E-state index is 11.5. The van der Waals surface area contributed by atoms with E-state index in [1.807, 2.05) is 25.1 Å². The summed E-state index contributed by atoms with van der Waals surface area (Å²) in [7, 11) is 0. The number of amides is 2. The van der Waals surface area contributed by atoms with Crippen LogP contribution >= 0.6 is 11.6 Å². The van der Waals surface area contributed by atoms with Crippen molar-refractivity contribution >= 4 is 23.3 Å². The van der Waals surface area contributed by atoms with Crippen LogP contribution < -0.4 is 10.6 Å². The van der Waals surface area contributed by atoms with Crippen LogP contribution in [0.5, 0.6) is 0 Å². The summed E-state index contributed by atoms with van der Waals surface area (Å²) in [5.74, 6) is 0. The number of nitrogens with one attached hydrogen (secondary N) is 2. The predicted molar refractivity (Wildman–Crippen MR) is 72.7 cm³/mol. The zero-order valence-electron chi connectivity index (χ0n) is 10.3. The SMILES string of the molecule is CCCCCNC(=O)Nc1ccc(C)cc1Cl. The van der Waals surface area contributed by atoms with E-state index in [9.17, 15) is 4.79 Å². The monoisotopic (exact) mass is 254 g/mol. The van der Waals surface area contributed by atoms with Crippen LogP contribution in [0.1, 0.15) is 31.7 Å². The lowest BCUT2D eigenvalue weighted by atomic mass is 10.2. The van der Waals surface area contributed by atoms with E-state index >= 15 is 0 Å². The van der Waals surface area contributed by atoms with Crippen molar-refractivity contribution in [3.63, 3.8) is 0 Å². The minimum atomic E-state index is -0.202. The molecular formula is C13H19ClN2O. The molecule has 0 aromatic heterocycles. The van der Waals surface area contributed by atoms with Crippen molar-refractivity contribution in [3.05, 3.63) is 28.8 Å². The smallest absolute Gasteiger partial charge is 0.319 e. The molecule has 2 N–H and O–H groups in total. The number of hydrogen-bond donors (Lipinski definition) is 2. The molecule has 4 heteroatoms. The highest BCUT2D eigenvalue weighted by Crippen LogP contribution is 2.22. The molecule has 0 aliphatic heterocycles. The third-order valence-electron chi connectivity index (χ3n) is 2.44. The molecule has 0 saturated carbocycles. The van der Waals surface area contributed by atoms with Crippen LogP contribution in [0.3, 0.4) is 0 Å². The minimum absolute atomic E-state index is 0.202. The number of urea groups is 1. The normalized spacial score (nSPS) is 10.1. The standard InChI is InChI=1S/C13H19ClN2O/c1-3-4-5-8-15-13(17)16-12-7-6-10(2)9-11(12)14/h6-7,9H,3-5,8H2,1-2H3,(H2,15,16,17). The number of carbonyl (C=O) groups excluding carboxylic acids is 1. The number of halogens is 1. The van der Waals surface area contributed by atoms with Crippen molar-refractivity contribution in [2.24, 2.45) is 0 Å². The zero-order valence-corrected chi connectivity index (χ0v) is 11.1. The fourth-order valence-electron chi connectivity index (χ4n) is 1.46. The number of anilines is 1. The van der Waals surface area contributed by atoms with Crippen molar-refractivity contribution in [2.45, 2.75) is 33.1 Å². The number of unbranched alkanes of at least 4 members (excludes halogenated alkanes) is 2. The van der Waals surface area contributed by atoms with Gasteiger partial charge in [-0.05, 0) is 31.0 Å². The Morgan fingerprint density at radius 3 is 2.76 bits per heavy atom. The molecular weight excluding hydrogens is 236 g/mol. The van der Waals surface area contributed by atoms with Gasteiger partial charge in [-0.1, -0.05) is 37.4 Å². The van der Waals surface area contributed by atoms with Crippen molar-refractivity contribution in [1.29, 1.82) is 0 Å². The van der Waals surface area contributed by atoms with Gasteiger partial charge in [-0.3, -0.25) is 0 Å². The second-order valence-corrected chi connectivity index (χ2v) is 4.48. The number of rotatable bonds is 5. The molecule has 0 spiro atoms. The van der Waals surface area contributed by atoms with E-state index in [4.69, 9.17) is 11.6 Å². The van der Waals surface area contributed by atoms with Gasteiger partial charge in [0.1, 0.15) is 0 Å². The topological polar surface area (TPSA) is 41.1 Å². The molecule has 0 aliphatic rings. The number of carbonyl (C=O) groups is 1. The van der Waals surface area contributed by atoms with Crippen molar-refractivity contribution in [1.82, 2.24) is 5.32 Å². The van der Waals surface area contributed by atoms with Gasteiger partial charge < -0.3 is 10.6 Å². The molecule has 0 heterocycles. The molecule has 2 amide bonds. The lowest BCUT2D eigenvalue weighted by molar-refractivity contribution is 0.252. The highest BCUT2D eigenvalue weighted by molar-refractivity contribution is 6.33. The Morgan fingerprint density at radius 1 is 1.35 bits per heavy atom. The van der Waals surface area contributed by atoms with Crippen LogP contribution in [0.25, 0.3) is 0 Å². The summed E-state index contributed by atoms with van der Waals surface area (Å²) in [4.78, 5) is 11.5. The van der Waals surface area contributed by atoms with Crippen molar-refractivity contribution in [2.75, 3.05) is 11.9 Å². The van der Waals surface area contributed by atoms with Gasteiger partial charge in [-0.15, -0.1) is 0 Å². The highest BCUT2D eigenvalue weighted by Gasteiger charge is 2.04. The molecule has 17 heavy (non-hydrogen) atoms. The molecule has 0 atom stereocenters. The molecule has 1 aromatic carbocycles. The van der Waals surface area contributed by atoms with Gasteiger partial charge in [0.2, 0.25) is 0 Å². The van der Waals surface area contributed by atoms with Gasteiger partial charge in [-0.25, -0.2) is 4.79 Å². The average molecular weight is 255 g/mol. The first kappa shape index (κ1) is 13.8. The summed E-state index contributed by atoms with van der Waals surface area (Å²) in [6.45, 7) is 4.79. The summed E-state index contributed by atoms with van der Waals surface area (Å²) in [6.07, 6.45) is 3.28. The first-order chi connectivity index (χ1) is 8.13. The predicted octanol–water partition coefficient (Wildman–Crippen LogP) is 3.96. The van der Waals surface area contributed by atoms with E-state index < -0.39 is 0 Å². The van der Waals surface area contributed by atoms with Crippen molar-refractivity contribution < 1.29 is 4.79 Å². The van der Waals surface area contributed by atoms with Crippen LogP contribution in [0.15, 0.2) is 18.2 Å². The maximum Gasteiger partial charge on any atom is 0.319 e. The number of hydrogen-bond acceptors (Lipinski definition) is 1. The minimum Gasteiger partial charge on any atom is -0.338 e. The van der Waals surface area contributed by atoms with Gasteiger partial charge in [0.15, 0.2) is 0 Å². The largest absolute Gasteiger partial charge is 0.338 e. The maximum atomic E-state index is 11.5. The quantitative estimate of drug-likeness (QED) is 0.768. The third-order valence-corrected chi connectivity index (χ3v) is 2.75. The Balaban J connectivity index is 2.40. The highest BCUT2D eigenvalue weighted by atomic mass is 35.5. The summed E-state index contributed by atoms with van der Waals surface area (Å²) in [6, 6.07) is 5.35. The molecule has 94 valence electrons. The van der Waals surface area contributed by atoms with Gasteiger partial charge in [0.05, 0.1) is 10.7 Å².